The first-order valence-corrected chi connectivity index (χ1v) is 11.6. The van der Waals surface area contributed by atoms with Gasteiger partial charge in [0.25, 0.3) is 5.91 Å². The number of aryl methyl sites for hydroxylation is 2. The molecular formula is C24H21N3O3S2. The van der Waals surface area contributed by atoms with Crippen molar-refractivity contribution in [3.8, 4) is 0 Å². The molecular weight excluding hydrogens is 442 g/mol. The molecule has 0 bridgehead atoms. The summed E-state index contributed by atoms with van der Waals surface area (Å²) in [6.07, 6.45) is 1.55. The number of amides is 2. The number of nitrogens with zero attached hydrogens (tertiary/aromatic N) is 1. The second kappa shape index (κ2) is 9.84. The van der Waals surface area contributed by atoms with Gasteiger partial charge in [0.2, 0.25) is 5.91 Å². The Kier molecular flexibility index (Phi) is 6.72. The highest BCUT2D eigenvalue weighted by Gasteiger charge is 2.13. The number of hydrogen-bond donors (Lipinski definition) is 2. The molecule has 0 saturated carbocycles. The Morgan fingerprint density at radius 1 is 1.06 bits per heavy atom. The van der Waals surface area contributed by atoms with E-state index in [1.54, 1.807) is 29.3 Å². The summed E-state index contributed by atoms with van der Waals surface area (Å²) in [5, 5.41) is 7.72. The predicted octanol–water partition coefficient (Wildman–Crippen LogP) is 5.94. The second-order valence-electron chi connectivity index (χ2n) is 7.20. The van der Waals surface area contributed by atoms with Gasteiger partial charge in [0.05, 0.1) is 18.4 Å². The smallest absolute Gasteiger partial charge is 0.293 e. The molecule has 4 aromatic rings. The average molecular weight is 464 g/mol. The Morgan fingerprint density at radius 3 is 2.62 bits per heavy atom. The zero-order valence-electron chi connectivity index (χ0n) is 17.5. The lowest BCUT2D eigenvalue weighted by Gasteiger charge is -2.08. The maximum absolute atomic E-state index is 12.4. The lowest BCUT2D eigenvalue weighted by atomic mass is 10.2. The molecule has 0 aliphatic carbocycles. The number of carbonyl (C=O) groups excluding carboxylic acids is 2. The molecule has 0 aliphatic rings. The van der Waals surface area contributed by atoms with E-state index in [4.69, 9.17) is 4.42 Å². The number of rotatable bonds is 7. The standard InChI is InChI=1S/C24H21N3O3S2/c1-15-5-6-16(2)21(12-15)32-19-9-7-17(8-10-19)25-22(28)13-18-14-31-24(26-18)27-23(29)20-4-3-11-30-20/h3-12,14H,13H2,1-2H3,(H,25,28)(H,26,27,29). The molecule has 2 amide bonds. The van der Waals surface area contributed by atoms with Crippen molar-refractivity contribution in [2.24, 2.45) is 0 Å². The summed E-state index contributed by atoms with van der Waals surface area (Å²) in [7, 11) is 0. The quantitative estimate of drug-likeness (QED) is 0.354. The lowest BCUT2D eigenvalue weighted by molar-refractivity contribution is -0.115. The molecule has 2 aromatic heterocycles. The molecule has 0 radical (unpaired) electrons. The van der Waals surface area contributed by atoms with E-state index in [1.165, 1.54) is 33.6 Å². The summed E-state index contributed by atoms with van der Waals surface area (Å²) < 4.78 is 5.06. The summed E-state index contributed by atoms with van der Waals surface area (Å²) in [4.78, 5) is 31.0. The van der Waals surface area contributed by atoms with Gasteiger partial charge in [-0.3, -0.25) is 14.9 Å². The van der Waals surface area contributed by atoms with Gasteiger partial charge in [-0.15, -0.1) is 11.3 Å². The molecule has 4 rings (SSSR count). The van der Waals surface area contributed by atoms with Crippen LogP contribution in [0.5, 0.6) is 0 Å². The van der Waals surface area contributed by atoms with E-state index in [-0.39, 0.29) is 24.0 Å². The minimum Gasteiger partial charge on any atom is -0.459 e. The SMILES string of the molecule is Cc1ccc(C)c(Sc2ccc(NC(=O)Cc3csc(NC(=O)c4ccco4)n3)cc2)c1. The van der Waals surface area contributed by atoms with Crippen LogP contribution in [0.2, 0.25) is 0 Å². The maximum atomic E-state index is 12.4. The van der Waals surface area contributed by atoms with Crippen LogP contribution in [-0.2, 0) is 11.2 Å². The molecule has 2 aromatic carbocycles. The molecule has 0 spiro atoms. The van der Waals surface area contributed by atoms with Crippen molar-refractivity contribution < 1.29 is 14.0 Å². The zero-order chi connectivity index (χ0) is 22.5. The highest BCUT2D eigenvalue weighted by Crippen LogP contribution is 2.31. The molecule has 0 aliphatic heterocycles. The van der Waals surface area contributed by atoms with Crippen molar-refractivity contribution in [1.82, 2.24) is 4.98 Å². The van der Waals surface area contributed by atoms with Gasteiger partial charge in [0, 0.05) is 20.9 Å². The van der Waals surface area contributed by atoms with E-state index >= 15 is 0 Å². The third-order valence-electron chi connectivity index (χ3n) is 4.57. The number of anilines is 2. The van der Waals surface area contributed by atoms with Crippen LogP contribution >= 0.6 is 23.1 Å². The Balaban J connectivity index is 1.31. The van der Waals surface area contributed by atoms with Gasteiger partial charge in [-0.2, -0.15) is 0 Å². The highest BCUT2D eigenvalue weighted by atomic mass is 32.2. The number of nitrogens with one attached hydrogen (secondary N) is 2. The first kappa shape index (κ1) is 21.9. The van der Waals surface area contributed by atoms with Crippen molar-refractivity contribution in [3.05, 3.63) is 88.8 Å². The first-order valence-electron chi connectivity index (χ1n) is 9.90. The minimum absolute atomic E-state index is 0.117. The first-order chi connectivity index (χ1) is 15.5. The lowest BCUT2D eigenvalue weighted by Crippen LogP contribution is -2.15. The molecule has 0 atom stereocenters. The van der Waals surface area contributed by atoms with Crippen molar-refractivity contribution in [2.75, 3.05) is 10.6 Å². The number of hydrogen-bond acceptors (Lipinski definition) is 6. The Morgan fingerprint density at radius 2 is 1.88 bits per heavy atom. The highest BCUT2D eigenvalue weighted by molar-refractivity contribution is 7.99. The van der Waals surface area contributed by atoms with Crippen LogP contribution in [0.1, 0.15) is 27.4 Å². The number of carbonyl (C=O) groups is 2. The summed E-state index contributed by atoms with van der Waals surface area (Å²) >= 11 is 2.96. The van der Waals surface area contributed by atoms with Gasteiger partial charge in [0.1, 0.15) is 0 Å². The van der Waals surface area contributed by atoms with Crippen LogP contribution in [-0.4, -0.2) is 16.8 Å². The van der Waals surface area contributed by atoms with Gasteiger partial charge >= 0.3 is 0 Å². The van der Waals surface area contributed by atoms with Crippen molar-refractivity contribution in [1.29, 1.82) is 0 Å². The van der Waals surface area contributed by atoms with E-state index < -0.39 is 0 Å². The van der Waals surface area contributed by atoms with Crippen LogP contribution < -0.4 is 10.6 Å². The van der Waals surface area contributed by atoms with Crippen molar-refractivity contribution in [3.63, 3.8) is 0 Å². The van der Waals surface area contributed by atoms with Crippen LogP contribution in [0.25, 0.3) is 0 Å². The fraction of sp³-hybridized carbons (Fsp3) is 0.125. The number of benzene rings is 2. The molecule has 8 heteroatoms. The second-order valence-corrected chi connectivity index (χ2v) is 9.17. The van der Waals surface area contributed by atoms with Crippen LogP contribution in [0.15, 0.2) is 80.4 Å². The maximum Gasteiger partial charge on any atom is 0.293 e. The van der Waals surface area contributed by atoms with E-state index in [2.05, 4.69) is 47.7 Å². The van der Waals surface area contributed by atoms with Gasteiger partial charge < -0.3 is 9.73 Å². The minimum atomic E-state index is -0.376. The summed E-state index contributed by atoms with van der Waals surface area (Å²) in [6, 6.07) is 17.4. The fourth-order valence-corrected chi connectivity index (χ4v) is 4.64. The van der Waals surface area contributed by atoms with E-state index in [1.807, 2.05) is 24.3 Å². The Bertz CT molecular complexity index is 1230. The van der Waals surface area contributed by atoms with Crippen LogP contribution in [0, 0.1) is 13.8 Å². The normalized spacial score (nSPS) is 10.7. The van der Waals surface area contributed by atoms with Crippen LogP contribution in [0.4, 0.5) is 10.8 Å². The molecule has 0 unspecified atom stereocenters. The summed E-state index contributed by atoms with van der Waals surface area (Å²) in [5.41, 5.74) is 3.78. The van der Waals surface area contributed by atoms with Crippen molar-refractivity contribution in [2.45, 2.75) is 30.1 Å². The fourth-order valence-electron chi connectivity index (χ4n) is 2.93. The monoisotopic (exact) mass is 463 g/mol. The van der Waals surface area contributed by atoms with Gasteiger partial charge in [-0.05, 0) is 67.4 Å². The number of aromatic nitrogens is 1. The van der Waals surface area contributed by atoms with E-state index in [0.717, 1.165) is 10.6 Å². The molecule has 0 saturated heterocycles. The summed E-state index contributed by atoms with van der Waals surface area (Å²) in [6.45, 7) is 4.18. The zero-order valence-corrected chi connectivity index (χ0v) is 19.2. The average Bonchev–Trinajstić information content (AvgIpc) is 3.44. The third-order valence-corrected chi connectivity index (χ3v) is 6.54. The molecule has 2 heterocycles. The predicted molar refractivity (Wildman–Crippen MR) is 128 cm³/mol. The van der Waals surface area contributed by atoms with Gasteiger partial charge in [-0.25, -0.2) is 4.98 Å². The molecule has 162 valence electrons. The van der Waals surface area contributed by atoms with E-state index in [9.17, 15) is 9.59 Å². The Hall–Kier alpha value is -3.36. The molecule has 32 heavy (non-hydrogen) atoms. The number of furan rings is 1. The Labute approximate surface area is 194 Å². The summed E-state index contributed by atoms with van der Waals surface area (Å²) in [5.74, 6) is -0.341. The van der Waals surface area contributed by atoms with Gasteiger partial charge in [0.15, 0.2) is 10.9 Å². The largest absolute Gasteiger partial charge is 0.459 e. The van der Waals surface area contributed by atoms with E-state index in [0.29, 0.717) is 10.8 Å². The molecule has 2 N–H and O–H groups in total. The topological polar surface area (TPSA) is 84.2 Å². The van der Waals surface area contributed by atoms with Gasteiger partial charge in [-0.1, -0.05) is 23.9 Å². The van der Waals surface area contributed by atoms with Crippen molar-refractivity contribution >= 4 is 45.7 Å². The van der Waals surface area contributed by atoms with Crippen LogP contribution in [0.3, 0.4) is 0 Å². The molecule has 0 fully saturated rings. The molecule has 6 nitrogen and oxygen atoms in total. The number of thiazole rings is 1. The third kappa shape index (κ3) is 5.66.